The first-order valence-electron chi connectivity index (χ1n) is 7.66. The SMILES string of the molecule is CCCC(=O)C1=CCc2c(OC(C)=O)ccc(OC(C)=O)c2C1. The molecule has 0 N–H and O–H groups in total. The van der Waals surface area contributed by atoms with Crippen LogP contribution in [0.15, 0.2) is 23.8 Å². The average Bonchev–Trinajstić information content (AvgIpc) is 2.48. The van der Waals surface area contributed by atoms with Crippen molar-refractivity contribution >= 4 is 17.7 Å². The highest BCUT2D eigenvalue weighted by molar-refractivity contribution is 5.96. The second-order valence-corrected chi connectivity index (χ2v) is 5.49. The minimum atomic E-state index is -0.427. The summed E-state index contributed by atoms with van der Waals surface area (Å²) in [5, 5.41) is 0. The summed E-state index contributed by atoms with van der Waals surface area (Å²) < 4.78 is 10.5. The van der Waals surface area contributed by atoms with Gasteiger partial charge in [-0.2, -0.15) is 0 Å². The number of allylic oxidation sites excluding steroid dienone is 2. The summed E-state index contributed by atoms with van der Waals surface area (Å²) in [7, 11) is 0. The summed E-state index contributed by atoms with van der Waals surface area (Å²) in [6, 6.07) is 3.22. The topological polar surface area (TPSA) is 69.7 Å². The van der Waals surface area contributed by atoms with Crippen molar-refractivity contribution in [2.75, 3.05) is 0 Å². The summed E-state index contributed by atoms with van der Waals surface area (Å²) in [4.78, 5) is 34.7. The number of ether oxygens (including phenoxy) is 2. The fraction of sp³-hybridized carbons (Fsp3) is 0.389. The first-order chi connectivity index (χ1) is 10.9. The van der Waals surface area contributed by atoms with Crippen LogP contribution in [0.5, 0.6) is 11.5 Å². The van der Waals surface area contributed by atoms with Gasteiger partial charge in [0.2, 0.25) is 0 Å². The van der Waals surface area contributed by atoms with Gasteiger partial charge in [-0.25, -0.2) is 0 Å². The molecule has 0 spiro atoms. The Labute approximate surface area is 135 Å². The van der Waals surface area contributed by atoms with E-state index in [2.05, 4.69) is 0 Å². The number of benzene rings is 1. The van der Waals surface area contributed by atoms with Gasteiger partial charge < -0.3 is 9.47 Å². The molecule has 0 saturated carbocycles. The van der Waals surface area contributed by atoms with Gasteiger partial charge in [-0.05, 0) is 30.5 Å². The molecule has 0 atom stereocenters. The highest BCUT2D eigenvalue weighted by Crippen LogP contribution is 2.36. The second kappa shape index (κ2) is 7.22. The van der Waals surface area contributed by atoms with Crippen molar-refractivity contribution in [1.29, 1.82) is 0 Å². The lowest BCUT2D eigenvalue weighted by Gasteiger charge is -2.21. The molecule has 0 saturated heterocycles. The van der Waals surface area contributed by atoms with Crippen molar-refractivity contribution in [2.24, 2.45) is 0 Å². The molecule has 2 rings (SSSR count). The van der Waals surface area contributed by atoms with Gasteiger partial charge in [0.25, 0.3) is 0 Å². The van der Waals surface area contributed by atoms with E-state index in [1.165, 1.54) is 13.8 Å². The van der Waals surface area contributed by atoms with Crippen molar-refractivity contribution in [3.8, 4) is 11.5 Å². The molecule has 0 aliphatic heterocycles. The van der Waals surface area contributed by atoms with Crippen LogP contribution in [-0.4, -0.2) is 17.7 Å². The van der Waals surface area contributed by atoms with Crippen molar-refractivity contribution in [3.63, 3.8) is 0 Å². The predicted octanol–water partition coefficient (Wildman–Crippen LogP) is 2.93. The molecular formula is C18H20O5. The van der Waals surface area contributed by atoms with E-state index in [9.17, 15) is 14.4 Å². The molecule has 5 nitrogen and oxygen atoms in total. The van der Waals surface area contributed by atoms with Crippen LogP contribution in [0.4, 0.5) is 0 Å². The van der Waals surface area contributed by atoms with Gasteiger partial charge in [0.05, 0.1) is 0 Å². The van der Waals surface area contributed by atoms with Crippen molar-refractivity contribution < 1.29 is 23.9 Å². The van der Waals surface area contributed by atoms with Gasteiger partial charge in [0.1, 0.15) is 11.5 Å². The molecule has 0 bridgehead atoms. The number of ketones is 1. The van der Waals surface area contributed by atoms with Crippen molar-refractivity contribution in [3.05, 3.63) is 34.9 Å². The number of carbonyl (C=O) groups is 3. The molecule has 23 heavy (non-hydrogen) atoms. The summed E-state index contributed by atoms with van der Waals surface area (Å²) >= 11 is 0. The van der Waals surface area contributed by atoms with E-state index in [4.69, 9.17) is 9.47 Å². The average molecular weight is 316 g/mol. The number of rotatable bonds is 5. The molecule has 0 aromatic heterocycles. The quantitative estimate of drug-likeness (QED) is 0.617. The van der Waals surface area contributed by atoms with Gasteiger partial charge in [0, 0.05) is 37.8 Å². The minimum absolute atomic E-state index is 0.102. The van der Waals surface area contributed by atoms with E-state index in [0.29, 0.717) is 36.3 Å². The van der Waals surface area contributed by atoms with E-state index in [-0.39, 0.29) is 5.78 Å². The van der Waals surface area contributed by atoms with Gasteiger partial charge >= 0.3 is 11.9 Å². The monoisotopic (exact) mass is 316 g/mol. The van der Waals surface area contributed by atoms with Crippen molar-refractivity contribution in [1.82, 2.24) is 0 Å². The normalized spacial score (nSPS) is 12.9. The molecule has 1 aliphatic carbocycles. The standard InChI is InChI=1S/C18H20O5/c1-4-5-16(21)13-6-7-14-15(10-13)18(23-12(3)20)9-8-17(14)22-11(2)19/h6,8-9H,4-5,7,10H2,1-3H3. The van der Waals surface area contributed by atoms with Crippen LogP contribution in [-0.2, 0) is 27.2 Å². The maximum Gasteiger partial charge on any atom is 0.308 e. The Bertz CT molecular complexity index is 685. The molecule has 0 amide bonds. The first kappa shape index (κ1) is 16.9. The summed E-state index contributed by atoms with van der Waals surface area (Å²) in [5.74, 6) is 0.123. The third kappa shape index (κ3) is 4.06. The van der Waals surface area contributed by atoms with Gasteiger partial charge in [-0.1, -0.05) is 13.0 Å². The highest BCUT2D eigenvalue weighted by Gasteiger charge is 2.23. The maximum atomic E-state index is 12.1. The smallest absolute Gasteiger partial charge is 0.308 e. The Morgan fingerprint density at radius 3 is 2.09 bits per heavy atom. The lowest BCUT2D eigenvalue weighted by atomic mass is 9.87. The molecule has 0 heterocycles. The Morgan fingerprint density at radius 1 is 1.00 bits per heavy atom. The minimum Gasteiger partial charge on any atom is -0.426 e. The van der Waals surface area contributed by atoms with Crippen LogP contribution < -0.4 is 9.47 Å². The molecule has 0 fully saturated rings. The second-order valence-electron chi connectivity index (χ2n) is 5.49. The molecule has 0 radical (unpaired) electrons. The van der Waals surface area contributed by atoms with Gasteiger partial charge in [-0.3, -0.25) is 14.4 Å². The number of Topliss-reactive ketones (excluding diaryl/α,β-unsaturated/α-hetero) is 1. The molecule has 0 unspecified atom stereocenters. The highest BCUT2D eigenvalue weighted by atomic mass is 16.5. The van der Waals surface area contributed by atoms with E-state index in [1.54, 1.807) is 12.1 Å². The van der Waals surface area contributed by atoms with E-state index in [1.807, 2.05) is 13.0 Å². The Balaban J connectivity index is 2.41. The fourth-order valence-corrected chi connectivity index (χ4v) is 2.66. The Kier molecular flexibility index (Phi) is 5.32. The third-order valence-corrected chi connectivity index (χ3v) is 3.61. The summed E-state index contributed by atoms with van der Waals surface area (Å²) in [6.07, 6.45) is 4.00. The number of hydrogen-bond acceptors (Lipinski definition) is 5. The Hall–Kier alpha value is -2.43. The molecule has 122 valence electrons. The van der Waals surface area contributed by atoms with Crippen LogP contribution >= 0.6 is 0 Å². The zero-order valence-electron chi connectivity index (χ0n) is 13.6. The number of esters is 2. The lowest BCUT2D eigenvalue weighted by Crippen LogP contribution is -2.15. The van der Waals surface area contributed by atoms with E-state index in [0.717, 1.165) is 17.5 Å². The predicted molar refractivity (Wildman–Crippen MR) is 84.5 cm³/mol. The van der Waals surface area contributed by atoms with Crippen LogP contribution in [0.25, 0.3) is 0 Å². The maximum absolute atomic E-state index is 12.1. The first-order valence-corrected chi connectivity index (χ1v) is 7.66. The molecule has 1 aliphatic rings. The molecule has 1 aromatic rings. The largest absolute Gasteiger partial charge is 0.426 e. The number of carbonyl (C=O) groups excluding carboxylic acids is 3. The summed E-state index contributed by atoms with van der Waals surface area (Å²) in [6.45, 7) is 4.62. The van der Waals surface area contributed by atoms with Gasteiger partial charge in [-0.15, -0.1) is 0 Å². The summed E-state index contributed by atoms with van der Waals surface area (Å²) in [5.41, 5.74) is 2.24. The van der Waals surface area contributed by atoms with E-state index < -0.39 is 11.9 Å². The van der Waals surface area contributed by atoms with Crippen LogP contribution in [0.3, 0.4) is 0 Å². The lowest BCUT2D eigenvalue weighted by molar-refractivity contribution is -0.133. The zero-order chi connectivity index (χ0) is 17.0. The fourth-order valence-electron chi connectivity index (χ4n) is 2.66. The molecular weight excluding hydrogens is 296 g/mol. The number of fused-ring (bicyclic) bond motifs is 1. The van der Waals surface area contributed by atoms with Crippen LogP contribution in [0.2, 0.25) is 0 Å². The van der Waals surface area contributed by atoms with Crippen molar-refractivity contribution in [2.45, 2.75) is 46.5 Å². The molecule has 5 heteroatoms. The van der Waals surface area contributed by atoms with Crippen LogP contribution in [0, 0.1) is 0 Å². The number of hydrogen-bond donors (Lipinski definition) is 0. The molecule has 1 aromatic carbocycles. The van der Waals surface area contributed by atoms with Crippen LogP contribution in [0.1, 0.15) is 44.7 Å². The zero-order valence-corrected chi connectivity index (χ0v) is 13.6. The van der Waals surface area contributed by atoms with E-state index >= 15 is 0 Å². The third-order valence-electron chi connectivity index (χ3n) is 3.61. The van der Waals surface area contributed by atoms with Gasteiger partial charge in [0.15, 0.2) is 5.78 Å². The Morgan fingerprint density at radius 2 is 1.57 bits per heavy atom.